The van der Waals surface area contributed by atoms with Crippen molar-refractivity contribution in [2.24, 2.45) is 5.92 Å². The van der Waals surface area contributed by atoms with Gasteiger partial charge in [0.2, 0.25) is 0 Å². The van der Waals surface area contributed by atoms with Gasteiger partial charge in [-0.25, -0.2) is 4.79 Å². The van der Waals surface area contributed by atoms with Gasteiger partial charge in [-0.3, -0.25) is 4.79 Å². The molecule has 1 aromatic heterocycles. The lowest BCUT2D eigenvalue weighted by Gasteiger charge is -2.16. The molecule has 1 aromatic carbocycles. The summed E-state index contributed by atoms with van der Waals surface area (Å²) in [6.07, 6.45) is 7.67. The molecule has 166 valence electrons. The molecule has 0 radical (unpaired) electrons. The first-order chi connectivity index (χ1) is 14.9. The van der Waals surface area contributed by atoms with Gasteiger partial charge in [0.15, 0.2) is 11.5 Å². The number of carbonyl (C=O) groups excluding carboxylic acids is 1. The normalized spacial score (nSPS) is 17.4. The largest absolute Gasteiger partial charge is 0.504 e. The molecule has 0 aliphatic heterocycles. The summed E-state index contributed by atoms with van der Waals surface area (Å²) in [4.78, 5) is 24.7. The minimum Gasteiger partial charge on any atom is -0.504 e. The quantitative estimate of drug-likeness (QED) is 0.369. The standard InChI is InChI=1S/C26H32O4S/c1-3-4-5-7-17(2)18-10-12-19(13-11-18)24-20(16-22(27)25(24)28)8-6-9-21-14-15-23(31-21)26(29)30/h10-15,17,20,28H,3-9,16H2,1-2H3,(H,29,30)/t17?,20-/m0/s1. The van der Waals surface area contributed by atoms with Crippen molar-refractivity contribution in [3.8, 4) is 0 Å². The van der Waals surface area contributed by atoms with Crippen molar-refractivity contribution >= 4 is 28.7 Å². The number of hydrogen-bond acceptors (Lipinski definition) is 4. The summed E-state index contributed by atoms with van der Waals surface area (Å²) in [5, 5.41) is 19.5. The van der Waals surface area contributed by atoms with E-state index in [-0.39, 0.29) is 17.5 Å². The van der Waals surface area contributed by atoms with Crippen LogP contribution in [0.1, 0.15) is 90.4 Å². The van der Waals surface area contributed by atoms with Gasteiger partial charge in [-0.15, -0.1) is 11.3 Å². The molecule has 1 unspecified atom stereocenters. The molecule has 0 amide bonds. The Morgan fingerprint density at radius 1 is 1.13 bits per heavy atom. The van der Waals surface area contributed by atoms with Crippen LogP contribution in [0.4, 0.5) is 0 Å². The summed E-state index contributed by atoms with van der Waals surface area (Å²) in [7, 11) is 0. The summed E-state index contributed by atoms with van der Waals surface area (Å²) in [6, 6.07) is 11.9. The Hall–Kier alpha value is -2.40. The number of aromatic carboxylic acids is 1. The van der Waals surface area contributed by atoms with Crippen molar-refractivity contribution in [2.75, 3.05) is 0 Å². The molecule has 0 saturated carbocycles. The Bertz CT molecular complexity index is 939. The maximum atomic E-state index is 12.2. The van der Waals surface area contributed by atoms with Crippen LogP contribution in [-0.2, 0) is 11.2 Å². The molecule has 31 heavy (non-hydrogen) atoms. The first-order valence-electron chi connectivity index (χ1n) is 11.3. The lowest BCUT2D eigenvalue weighted by atomic mass is 9.88. The summed E-state index contributed by atoms with van der Waals surface area (Å²) in [6.45, 7) is 4.47. The number of thiophene rings is 1. The van der Waals surface area contributed by atoms with Crippen LogP contribution in [0, 0.1) is 5.92 Å². The average Bonchev–Trinajstić information content (AvgIpc) is 3.33. The summed E-state index contributed by atoms with van der Waals surface area (Å²) in [5.74, 6) is -0.639. The Kier molecular flexibility index (Phi) is 8.08. The van der Waals surface area contributed by atoms with E-state index in [1.165, 1.54) is 42.6 Å². The van der Waals surface area contributed by atoms with Crippen LogP contribution in [0.15, 0.2) is 42.2 Å². The second kappa shape index (κ2) is 10.8. The van der Waals surface area contributed by atoms with Gasteiger partial charge in [0.05, 0.1) is 0 Å². The molecule has 1 aliphatic carbocycles. The van der Waals surface area contributed by atoms with Crippen molar-refractivity contribution in [1.29, 1.82) is 0 Å². The number of benzene rings is 1. The maximum Gasteiger partial charge on any atom is 0.345 e. The number of aliphatic hydroxyl groups is 1. The predicted octanol–water partition coefficient (Wildman–Crippen LogP) is 7.01. The summed E-state index contributed by atoms with van der Waals surface area (Å²) in [5.41, 5.74) is 3.00. The van der Waals surface area contributed by atoms with E-state index in [0.717, 1.165) is 35.3 Å². The van der Waals surface area contributed by atoms with E-state index < -0.39 is 5.97 Å². The van der Waals surface area contributed by atoms with Crippen LogP contribution < -0.4 is 0 Å². The SMILES string of the molecule is CCCCCC(C)c1ccc(C2=C(O)C(=O)C[C@@H]2CCCc2ccc(C(=O)O)s2)cc1. The zero-order valence-corrected chi connectivity index (χ0v) is 19.2. The molecule has 0 saturated heterocycles. The topological polar surface area (TPSA) is 74.6 Å². The molecule has 1 aliphatic rings. The van der Waals surface area contributed by atoms with E-state index in [1.54, 1.807) is 6.07 Å². The van der Waals surface area contributed by atoms with Gasteiger partial charge in [-0.1, -0.05) is 57.4 Å². The van der Waals surface area contributed by atoms with Crippen LogP contribution in [0.25, 0.3) is 5.57 Å². The highest BCUT2D eigenvalue weighted by Crippen LogP contribution is 2.39. The molecular formula is C26H32O4S. The number of carboxylic acids is 1. The van der Waals surface area contributed by atoms with Crippen molar-refractivity contribution < 1.29 is 19.8 Å². The minimum atomic E-state index is -0.893. The number of rotatable bonds is 11. The molecule has 2 N–H and O–H groups in total. The first kappa shape index (κ1) is 23.3. The number of aryl methyl sites for hydroxylation is 1. The number of carbonyl (C=O) groups is 2. The second-order valence-corrected chi connectivity index (χ2v) is 9.74. The van der Waals surface area contributed by atoms with Gasteiger partial charge in [-0.2, -0.15) is 0 Å². The van der Waals surface area contributed by atoms with Crippen molar-refractivity contribution in [3.05, 3.63) is 63.0 Å². The third-order valence-electron chi connectivity index (χ3n) is 6.24. The second-order valence-electron chi connectivity index (χ2n) is 8.57. The maximum absolute atomic E-state index is 12.2. The van der Waals surface area contributed by atoms with Crippen molar-refractivity contribution in [1.82, 2.24) is 0 Å². The number of allylic oxidation sites excluding steroid dienone is 2. The summed E-state index contributed by atoms with van der Waals surface area (Å²) < 4.78 is 0. The number of Topliss-reactive ketones (excluding diaryl/α,β-unsaturated/α-hetero) is 1. The third kappa shape index (κ3) is 5.85. The number of aliphatic hydroxyl groups excluding tert-OH is 1. The molecule has 0 bridgehead atoms. The fourth-order valence-corrected chi connectivity index (χ4v) is 5.28. The lowest BCUT2D eigenvalue weighted by molar-refractivity contribution is -0.117. The Morgan fingerprint density at radius 3 is 2.52 bits per heavy atom. The van der Waals surface area contributed by atoms with E-state index in [1.807, 2.05) is 18.2 Å². The predicted molar refractivity (Wildman–Crippen MR) is 126 cm³/mol. The molecule has 4 nitrogen and oxygen atoms in total. The van der Waals surface area contributed by atoms with E-state index in [4.69, 9.17) is 5.11 Å². The van der Waals surface area contributed by atoms with Crippen LogP contribution in [0.2, 0.25) is 0 Å². The highest BCUT2D eigenvalue weighted by Gasteiger charge is 2.32. The van der Waals surface area contributed by atoms with E-state index in [0.29, 0.717) is 17.2 Å². The van der Waals surface area contributed by atoms with Crippen LogP contribution in [0.5, 0.6) is 0 Å². The van der Waals surface area contributed by atoms with Crippen molar-refractivity contribution in [3.63, 3.8) is 0 Å². The zero-order valence-electron chi connectivity index (χ0n) is 18.4. The van der Waals surface area contributed by atoms with E-state index in [9.17, 15) is 14.7 Å². The number of hydrogen-bond donors (Lipinski definition) is 2. The first-order valence-corrected chi connectivity index (χ1v) is 12.1. The number of unbranched alkanes of at least 4 members (excludes halogenated alkanes) is 2. The lowest BCUT2D eigenvalue weighted by Crippen LogP contribution is -2.02. The fraction of sp³-hybridized carbons (Fsp3) is 0.462. The highest BCUT2D eigenvalue weighted by atomic mass is 32.1. The Morgan fingerprint density at radius 2 is 1.87 bits per heavy atom. The molecule has 0 spiro atoms. The van der Waals surface area contributed by atoms with E-state index >= 15 is 0 Å². The molecule has 3 rings (SSSR count). The smallest absolute Gasteiger partial charge is 0.345 e. The van der Waals surface area contributed by atoms with Crippen LogP contribution >= 0.6 is 11.3 Å². The monoisotopic (exact) mass is 440 g/mol. The van der Waals surface area contributed by atoms with Crippen LogP contribution in [-0.4, -0.2) is 22.0 Å². The Labute approximate surface area is 188 Å². The minimum absolute atomic E-state index is 0.0132. The van der Waals surface area contributed by atoms with Gasteiger partial charge >= 0.3 is 5.97 Å². The third-order valence-corrected chi connectivity index (χ3v) is 7.37. The summed E-state index contributed by atoms with van der Waals surface area (Å²) >= 11 is 1.30. The van der Waals surface area contributed by atoms with Crippen LogP contribution in [0.3, 0.4) is 0 Å². The van der Waals surface area contributed by atoms with Gasteiger partial charge in [-0.05, 0) is 60.8 Å². The molecule has 2 aromatic rings. The molecule has 1 heterocycles. The molecule has 2 atom stereocenters. The van der Waals surface area contributed by atoms with Gasteiger partial charge in [0.25, 0.3) is 0 Å². The van der Waals surface area contributed by atoms with Gasteiger partial charge < -0.3 is 10.2 Å². The van der Waals surface area contributed by atoms with E-state index in [2.05, 4.69) is 26.0 Å². The Balaban J connectivity index is 1.63. The molecule has 0 fully saturated rings. The number of carboxylic acid groups (broad SMARTS) is 1. The van der Waals surface area contributed by atoms with Gasteiger partial charge in [0.1, 0.15) is 4.88 Å². The molecule has 5 heteroatoms. The zero-order chi connectivity index (χ0) is 22.4. The average molecular weight is 441 g/mol. The molecular weight excluding hydrogens is 408 g/mol. The van der Waals surface area contributed by atoms with Crippen molar-refractivity contribution in [2.45, 2.75) is 71.1 Å². The fourth-order valence-electron chi connectivity index (χ4n) is 4.39. The highest BCUT2D eigenvalue weighted by molar-refractivity contribution is 7.13. The number of ketones is 1. The van der Waals surface area contributed by atoms with Gasteiger partial charge in [0, 0.05) is 16.9 Å².